The molecular weight excluding hydrogens is 271 g/mol. The highest BCUT2D eigenvalue weighted by molar-refractivity contribution is 5.84. The number of methoxy groups -OCH3 is 1. The fraction of sp³-hybridized carbons (Fsp3) is 0.500. The molecule has 0 saturated carbocycles. The van der Waals surface area contributed by atoms with Gasteiger partial charge in [-0.2, -0.15) is 13.2 Å². The first kappa shape index (κ1) is 14.8. The zero-order chi connectivity index (χ0) is 15.0. The van der Waals surface area contributed by atoms with Crippen LogP contribution in [0.15, 0.2) is 18.2 Å². The predicted molar refractivity (Wildman–Crippen MR) is 67.3 cm³/mol. The van der Waals surface area contributed by atoms with Gasteiger partial charge in [0.15, 0.2) is 0 Å². The Morgan fingerprint density at radius 3 is 2.75 bits per heavy atom. The van der Waals surface area contributed by atoms with Crippen molar-refractivity contribution in [3.8, 4) is 0 Å². The molecule has 110 valence electrons. The van der Waals surface area contributed by atoms with E-state index < -0.39 is 24.2 Å². The molecule has 0 fully saturated rings. The normalized spacial score (nSPS) is 21.6. The molecule has 0 radical (unpaired) electrons. The van der Waals surface area contributed by atoms with Crippen molar-refractivity contribution in [1.82, 2.24) is 5.32 Å². The molecule has 0 heterocycles. The van der Waals surface area contributed by atoms with Gasteiger partial charge in [-0.3, -0.25) is 5.32 Å². The molecule has 0 amide bonds. The van der Waals surface area contributed by atoms with Crippen molar-refractivity contribution < 1.29 is 22.7 Å². The van der Waals surface area contributed by atoms with E-state index in [2.05, 4.69) is 5.32 Å². The summed E-state index contributed by atoms with van der Waals surface area (Å²) >= 11 is 0. The number of carbonyl (C=O) groups is 1. The Balaban J connectivity index is 2.41. The minimum Gasteiger partial charge on any atom is -0.467 e. The van der Waals surface area contributed by atoms with E-state index in [1.54, 1.807) is 6.07 Å². The van der Waals surface area contributed by atoms with Crippen molar-refractivity contribution in [1.29, 1.82) is 0 Å². The van der Waals surface area contributed by atoms with Crippen molar-refractivity contribution in [2.45, 2.75) is 31.5 Å². The second-order valence-corrected chi connectivity index (χ2v) is 5.03. The minimum absolute atomic E-state index is 0.272. The first-order valence-electron chi connectivity index (χ1n) is 6.29. The van der Waals surface area contributed by atoms with Crippen LogP contribution in [0.5, 0.6) is 0 Å². The smallest absolute Gasteiger partial charge is 0.401 e. The number of fused-ring (bicyclic) bond motifs is 1. The van der Waals surface area contributed by atoms with Crippen LogP contribution in [0.2, 0.25) is 0 Å². The van der Waals surface area contributed by atoms with Crippen LogP contribution >= 0.6 is 0 Å². The molecular formula is C14H16F3NO2. The van der Waals surface area contributed by atoms with E-state index >= 15 is 0 Å². The van der Waals surface area contributed by atoms with Gasteiger partial charge in [0.2, 0.25) is 0 Å². The molecule has 0 bridgehead atoms. The molecule has 1 aromatic rings. The number of halogens is 3. The number of rotatable bonds is 3. The van der Waals surface area contributed by atoms with Crippen molar-refractivity contribution in [2.24, 2.45) is 0 Å². The minimum atomic E-state index is -4.38. The third kappa shape index (κ3) is 2.65. The lowest BCUT2D eigenvalue weighted by atomic mass is 9.90. The van der Waals surface area contributed by atoms with Crippen LogP contribution in [-0.2, 0) is 21.5 Å². The van der Waals surface area contributed by atoms with Crippen LogP contribution < -0.4 is 5.32 Å². The topological polar surface area (TPSA) is 38.3 Å². The summed E-state index contributed by atoms with van der Waals surface area (Å²) in [6.45, 7) is 0.611. The number of ether oxygens (including phenoxy) is 1. The monoisotopic (exact) mass is 287 g/mol. The molecule has 0 spiro atoms. The van der Waals surface area contributed by atoms with Gasteiger partial charge in [-0.25, -0.2) is 4.79 Å². The Morgan fingerprint density at radius 1 is 1.45 bits per heavy atom. The van der Waals surface area contributed by atoms with Gasteiger partial charge < -0.3 is 4.74 Å². The van der Waals surface area contributed by atoms with Crippen LogP contribution in [-0.4, -0.2) is 25.8 Å². The molecule has 0 aromatic heterocycles. The van der Waals surface area contributed by atoms with E-state index in [9.17, 15) is 18.0 Å². The quantitative estimate of drug-likeness (QED) is 0.868. The molecule has 6 heteroatoms. The maximum absolute atomic E-state index is 12.5. The summed E-state index contributed by atoms with van der Waals surface area (Å²) in [6, 6.07) is 5.49. The number of esters is 1. The van der Waals surface area contributed by atoms with E-state index in [1.807, 2.05) is 19.1 Å². The zero-order valence-electron chi connectivity index (χ0n) is 11.3. The summed E-state index contributed by atoms with van der Waals surface area (Å²) in [5.74, 6) is -0.675. The molecule has 2 rings (SSSR count). The van der Waals surface area contributed by atoms with Crippen molar-refractivity contribution >= 4 is 5.97 Å². The van der Waals surface area contributed by atoms with Crippen molar-refractivity contribution in [2.75, 3.05) is 13.7 Å². The molecule has 0 saturated heterocycles. The Labute approximate surface area is 115 Å². The SMILES string of the molecule is COC(=O)C1(NCC(F)(F)F)CCc2ccc(C)cc21. The predicted octanol–water partition coefficient (Wildman–Crippen LogP) is 2.46. The average Bonchev–Trinajstić information content (AvgIpc) is 2.74. The van der Waals surface area contributed by atoms with E-state index in [0.29, 0.717) is 12.0 Å². The van der Waals surface area contributed by atoms with Gasteiger partial charge in [-0.15, -0.1) is 0 Å². The number of nitrogens with one attached hydrogen (secondary N) is 1. The van der Waals surface area contributed by atoms with Crippen LogP contribution in [0.25, 0.3) is 0 Å². The summed E-state index contributed by atoms with van der Waals surface area (Å²) < 4.78 is 42.2. The Kier molecular flexibility index (Phi) is 3.77. The van der Waals surface area contributed by atoms with Gasteiger partial charge >= 0.3 is 12.1 Å². The van der Waals surface area contributed by atoms with Gasteiger partial charge in [0.25, 0.3) is 0 Å². The van der Waals surface area contributed by atoms with Gasteiger partial charge in [0.1, 0.15) is 5.54 Å². The summed E-state index contributed by atoms with van der Waals surface area (Å²) in [5, 5.41) is 2.37. The van der Waals surface area contributed by atoms with Crippen molar-refractivity contribution in [3.05, 3.63) is 34.9 Å². The highest BCUT2D eigenvalue weighted by Gasteiger charge is 2.48. The van der Waals surface area contributed by atoms with E-state index in [1.165, 1.54) is 7.11 Å². The number of hydrogen-bond acceptors (Lipinski definition) is 3. The van der Waals surface area contributed by atoms with Crippen LogP contribution in [0.4, 0.5) is 13.2 Å². The van der Waals surface area contributed by atoms with Crippen LogP contribution in [0.3, 0.4) is 0 Å². The number of carbonyl (C=O) groups excluding carboxylic acids is 1. The molecule has 1 N–H and O–H groups in total. The molecule has 1 aromatic carbocycles. The summed E-state index contributed by atoms with van der Waals surface area (Å²) in [5.41, 5.74) is 0.975. The third-order valence-corrected chi connectivity index (χ3v) is 3.62. The number of alkyl halides is 3. The van der Waals surface area contributed by atoms with Crippen molar-refractivity contribution in [3.63, 3.8) is 0 Å². The zero-order valence-corrected chi connectivity index (χ0v) is 11.3. The molecule has 1 aliphatic rings. The Hall–Kier alpha value is -1.56. The molecule has 3 nitrogen and oxygen atoms in total. The fourth-order valence-corrected chi connectivity index (χ4v) is 2.66. The van der Waals surface area contributed by atoms with E-state index in [-0.39, 0.29) is 6.42 Å². The lowest BCUT2D eigenvalue weighted by Crippen LogP contribution is -2.51. The highest BCUT2D eigenvalue weighted by Crippen LogP contribution is 2.39. The second kappa shape index (κ2) is 5.09. The molecule has 1 unspecified atom stereocenters. The lowest BCUT2D eigenvalue weighted by molar-refractivity contribution is -0.154. The summed E-state index contributed by atoms with van der Waals surface area (Å²) in [6.07, 6.45) is -3.56. The van der Waals surface area contributed by atoms with E-state index in [0.717, 1.165) is 11.1 Å². The molecule has 20 heavy (non-hydrogen) atoms. The molecule has 0 aliphatic heterocycles. The lowest BCUT2D eigenvalue weighted by Gasteiger charge is -2.29. The molecule has 1 atom stereocenters. The summed E-state index contributed by atoms with van der Waals surface area (Å²) in [4.78, 5) is 12.1. The number of aryl methyl sites for hydroxylation is 2. The second-order valence-electron chi connectivity index (χ2n) is 5.03. The highest BCUT2D eigenvalue weighted by atomic mass is 19.4. The van der Waals surface area contributed by atoms with Gasteiger partial charge in [0, 0.05) is 0 Å². The van der Waals surface area contributed by atoms with Crippen LogP contribution in [0, 0.1) is 6.92 Å². The first-order chi connectivity index (χ1) is 9.28. The molecule has 1 aliphatic carbocycles. The third-order valence-electron chi connectivity index (χ3n) is 3.62. The van der Waals surface area contributed by atoms with Gasteiger partial charge in [0.05, 0.1) is 13.7 Å². The largest absolute Gasteiger partial charge is 0.467 e. The summed E-state index contributed by atoms with van der Waals surface area (Å²) in [7, 11) is 1.19. The number of benzene rings is 1. The Bertz CT molecular complexity index is 528. The van der Waals surface area contributed by atoms with E-state index in [4.69, 9.17) is 4.74 Å². The number of hydrogen-bond donors (Lipinski definition) is 1. The standard InChI is InChI=1S/C14H16F3NO2/c1-9-3-4-10-5-6-13(11(10)7-9,12(19)20-2)18-8-14(15,16)17/h3-4,7,18H,5-6,8H2,1-2H3. The first-order valence-corrected chi connectivity index (χ1v) is 6.29. The average molecular weight is 287 g/mol. The Morgan fingerprint density at radius 2 is 2.15 bits per heavy atom. The maximum Gasteiger partial charge on any atom is 0.401 e. The maximum atomic E-state index is 12.5. The fourth-order valence-electron chi connectivity index (χ4n) is 2.66. The van der Waals surface area contributed by atoms with Gasteiger partial charge in [-0.1, -0.05) is 23.8 Å². The van der Waals surface area contributed by atoms with Crippen LogP contribution in [0.1, 0.15) is 23.1 Å². The van der Waals surface area contributed by atoms with Gasteiger partial charge in [-0.05, 0) is 30.9 Å².